The molecule has 1 aromatic rings. The SMILES string of the molecule is O=C(c1ccc(Cl)cc1)[C@@H]1[C@H]2C(=O)[C@@H]3OC[C@H](O3)[C@@H]12. The molecule has 1 saturated carbocycles. The van der Waals surface area contributed by atoms with Crippen molar-refractivity contribution in [2.45, 2.75) is 12.4 Å². The number of fused-ring (bicyclic) bond motifs is 4. The molecule has 2 aliphatic heterocycles. The van der Waals surface area contributed by atoms with Gasteiger partial charge in [-0.15, -0.1) is 0 Å². The standard InChI is InChI=1S/C14H11ClO4/c15-7-3-1-6(2-4-7)12(16)10-9-8-5-18-14(19-8)13(17)11(9)10/h1-4,8-11,14H,5H2/t8-,9-,10-,11-,14+/m0/s1. The monoisotopic (exact) mass is 278 g/mol. The average Bonchev–Trinajstić information content (AvgIpc) is 3.02. The summed E-state index contributed by atoms with van der Waals surface area (Å²) < 4.78 is 10.7. The molecule has 4 rings (SSSR count). The number of hydrogen-bond acceptors (Lipinski definition) is 4. The average molecular weight is 279 g/mol. The summed E-state index contributed by atoms with van der Waals surface area (Å²) >= 11 is 5.81. The van der Waals surface area contributed by atoms with E-state index in [1.54, 1.807) is 24.3 Å². The highest BCUT2D eigenvalue weighted by Gasteiger charge is 2.68. The lowest BCUT2D eigenvalue weighted by Gasteiger charge is -2.14. The Bertz CT molecular complexity index is 567. The summed E-state index contributed by atoms with van der Waals surface area (Å²) in [7, 11) is 0. The molecule has 0 aromatic heterocycles. The molecule has 0 unspecified atom stereocenters. The molecule has 1 aliphatic carbocycles. The van der Waals surface area contributed by atoms with Gasteiger partial charge in [0, 0.05) is 28.3 Å². The fourth-order valence-electron chi connectivity index (χ4n) is 3.24. The highest BCUT2D eigenvalue weighted by atomic mass is 35.5. The normalized spacial score (nSPS) is 39.0. The van der Waals surface area contributed by atoms with Gasteiger partial charge < -0.3 is 9.47 Å². The van der Waals surface area contributed by atoms with Crippen molar-refractivity contribution in [3.05, 3.63) is 34.9 Å². The van der Waals surface area contributed by atoms with Gasteiger partial charge in [0.2, 0.25) is 6.29 Å². The van der Waals surface area contributed by atoms with E-state index >= 15 is 0 Å². The van der Waals surface area contributed by atoms with Crippen LogP contribution in [0, 0.1) is 17.8 Å². The molecule has 0 radical (unpaired) electrons. The fourth-order valence-corrected chi connectivity index (χ4v) is 3.36. The van der Waals surface area contributed by atoms with Gasteiger partial charge in [0.1, 0.15) is 0 Å². The molecule has 3 fully saturated rings. The summed E-state index contributed by atoms with van der Waals surface area (Å²) in [5.41, 5.74) is 0.605. The van der Waals surface area contributed by atoms with Gasteiger partial charge in [-0.05, 0) is 24.3 Å². The Hall–Kier alpha value is -1.23. The highest BCUT2D eigenvalue weighted by molar-refractivity contribution is 6.30. The van der Waals surface area contributed by atoms with E-state index in [2.05, 4.69) is 0 Å². The zero-order valence-corrected chi connectivity index (χ0v) is 10.7. The first-order valence-corrected chi connectivity index (χ1v) is 6.65. The zero-order valence-electron chi connectivity index (χ0n) is 9.91. The Morgan fingerprint density at radius 3 is 2.74 bits per heavy atom. The van der Waals surface area contributed by atoms with E-state index in [1.807, 2.05) is 0 Å². The number of carbonyl (C=O) groups excluding carboxylic acids is 2. The number of benzene rings is 1. The van der Waals surface area contributed by atoms with Crippen LogP contribution in [0.5, 0.6) is 0 Å². The molecule has 98 valence electrons. The van der Waals surface area contributed by atoms with Gasteiger partial charge in [0.15, 0.2) is 11.6 Å². The number of carbonyl (C=O) groups is 2. The van der Waals surface area contributed by atoms with Crippen molar-refractivity contribution in [2.24, 2.45) is 17.8 Å². The molecular formula is C14H11ClO4. The van der Waals surface area contributed by atoms with Gasteiger partial charge in [-0.1, -0.05) is 11.6 Å². The molecule has 3 aliphatic rings. The Labute approximate surface area is 114 Å². The molecule has 19 heavy (non-hydrogen) atoms. The maximum absolute atomic E-state index is 12.4. The van der Waals surface area contributed by atoms with Crippen molar-refractivity contribution in [1.29, 1.82) is 0 Å². The highest BCUT2D eigenvalue weighted by Crippen LogP contribution is 2.57. The van der Waals surface area contributed by atoms with Gasteiger partial charge in [-0.3, -0.25) is 9.59 Å². The third kappa shape index (κ3) is 1.60. The first kappa shape index (κ1) is 11.6. The number of ketones is 2. The van der Waals surface area contributed by atoms with Crippen LogP contribution in [0.2, 0.25) is 5.02 Å². The molecular weight excluding hydrogens is 268 g/mol. The van der Waals surface area contributed by atoms with Gasteiger partial charge >= 0.3 is 0 Å². The third-order valence-corrected chi connectivity index (χ3v) is 4.46. The van der Waals surface area contributed by atoms with Crippen LogP contribution < -0.4 is 0 Å². The summed E-state index contributed by atoms with van der Waals surface area (Å²) in [6.07, 6.45) is -0.844. The Kier molecular flexibility index (Phi) is 2.37. The molecule has 0 N–H and O–H groups in total. The maximum atomic E-state index is 12.4. The third-order valence-electron chi connectivity index (χ3n) is 4.21. The maximum Gasteiger partial charge on any atom is 0.218 e. The summed E-state index contributed by atoms with van der Waals surface area (Å²) in [5.74, 6) is -0.529. The quantitative estimate of drug-likeness (QED) is 0.773. The summed E-state index contributed by atoms with van der Waals surface area (Å²) in [5, 5.41) is 0.594. The predicted octanol–water partition coefficient (Wildman–Crippen LogP) is 1.71. The van der Waals surface area contributed by atoms with Gasteiger partial charge in [0.05, 0.1) is 12.7 Å². The number of hydrogen-bond donors (Lipinski definition) is 0. The predicted molar refractivity (Wildman–Crippen MR) is 65.9 cm³/mol. The minimum Gasteiger partial charge on any atom is -0.343 e. The first-order valence-electron chi connectivity index (χ1n) is 6.27. The minimum absolute atomic E-state index is 0.00516. The fraction of sp³-hybridized carbons (Fsp3) is 0.429. The molecule has 0 spiro atoms. The Balaban J connectivity index is 1.60. The van der Waals surface area contributed by atoms with Gasteiger partial charge in [0.25, 0.3) is 0 Å². The van der Waals surface area contributed by atoms with Crippen molar-refractivity contribution in [3.8, 4) is 0 Å². The lowest BCUT2D eigenvalue weighted by molar-refractivity contribution is -0.153. The van der Waals surface area contributed by atoms with Crippen LogP contribution in [-0.4, -0.2) is 30.6 Å². The van der Waals surface area contributed by atoms with Crippen molar-refractivity contribution in [1.82, 2.24) is 0 Å². The van der Waals surface area contributed by atoms with Crippen LogP contribution in [0.25, 0.3) is 0 Å². The number of rotatable bonds is 2. The van der Waals surface area contributed by atoms with E-state index in [0.717, 1.165) is 0 Å². The molecule has 5 heteroatoms. The van der Waals surface area contributed by atoms with Gasteiger partial charge in [-0.25, -0.2) is 0 Å². The van der Waals surface area contributed by atoms with Crippen LogP contribution in [0.1, 0.15) is 10.4 Å². The van der Waals surface area contributed by atoms with Crippen LogP contribution in [0.4, 0.5) is 0 Å². The molecule has 0 amide bonds. The molecule has 4 nitrogen and oxygen atoms in total. The number of Topliss-reactive ketones (excluding diaryl/α,β-unsaturated/α-hetero) is 2. The van der Waals surface area contributed by atoms with Crippen LogP contribution in [0.15, 0.2) is 24.3 Å². The second-order valence-electron chi connectivity index (χ2n) is 5.24. The van der Waals surface area contributed by atoms with E-state index in [-0.39, 0.29) is 35.4 Å². The van der Waals surface area contributed by atoms with E-state index in [9.17, 15) is 9.59 Å². The molecule has 1 aromatic carbocycles. The summed E-state index contributed by atoms with van der Waals surface area (Å²) in [6.45, 7) is 0.419. The molecule has 2 bridgehead atoms. The first-order chi connectivity index (χ1) is 9.16. The van der Waals surface area contributed by atoms with Crippen molar-refractivity contribution in [3.63, 3.8) is 0 Å². The van der Waals surface area contributed by atoms with Crippen LogP contribution >= 0.6 is 11.6 Å². The van der Waals surface area contributed by atoms with E-state index in [4.69, 9.17) is 21.1 Å². The lowest BCUT2D eigenvalue weighted by Crippen LogP contribution is -2.30. The summed E-state index contributed by atoms with van der Waals surface area (Å²) in [4.78, 5) is 24.4. The molecule has 5 atom stereocenters. The van der Waals surface area contributed by atoms with E-state index < -0.39 is 6.29 Å². The largest absolute Gasteiger partial charge is 0.343 e. The molecule has 2 heterocycles. The molecule has 2 saturated heterocycles. The van der Waals surface area contributed by atoms with Crippen molar-refractivity contribution < 1.29 is 19.1 Å². The number of halogens is 1. The van der Waals surface area contributed by atoms with E-state index in [1.165, 1.54) is 0 Å². The second-order valence-corrected chi connectivity index (χ2v) is 5.68. The topological polar surface area (TPSA) is 52.6 Å². The van der Waals surface area contributed by atoms with E-state index in [0.29, 0.717) is 17.2 Å². The Morgan fingerprint density at radius 2 is 2.00 bits per heavy atom. The zero-order chi connectivity index (χ0) is 13.1. The second kappa shape index (κ2) is 3.88. The van der Waals surface area contributed by atoms with Crippen LogP contribution in [0.3, 0.4) is 0 Å². The smallest absolute Gasteiger partial charge is 0.218 e. The van der Waals surface area contributed by atoms with Crippen LogP contribution in [-0.2, 0) is 14.3 Å². The number of ether oxygens (including phenoxy) is 2. The minimum atomic E-state index is -0.741. The lowest BCUT2D eigenvalue weighted by atomic mass is 10.0. The van der Waals surface area contributed by atoms with Gasteiger partial charge in [-0.2, -0.15) is 0 Å². The Morgan fingerprint density at radius 1 is 1.26 bits per heavy atom. The van der Waals surface area contributed by atoms with Crippen molar-refractivity contribution in [2.75, 3.05) is 6.61 Å². The van der Waals surface area contributed by atoms with Crippen molar-refractivity contribution >= 4 is 23.2 Å². The summed E-state index contributed by atoms with van der Waals surface area (Å²) in [6, 6.07) is 6.78.